The average molecular weight is 378 g/mol. The van der Waals surface area contributed by atoms with Crippen LogP contribution in [0.4, 0.5) is 5.69 Å². The van der Waals surface area contributed by atoms with Gasteiger partial charge in [0.1, 0.15) is 5.69 Å². The molecule has 1 aromatic rings. The summed E-state index contributed by atoms with van der Waals surface area (Å²) in [6, 6.07) is 5.49. The number of aromatic carboxylic acids is 1. The Balaban J connectivity index is 2.38. The second-order valence-electron chi connectivity index (χ2n) is 7.28. The van der Waals surface area contributed by atoms with Crippen molar-refractivity contribution in [1.82, 2.24) is 0 Å². The molecule has 0 amide bonds. The molecule has 1 N–H and O–H groups in total. The van der Waals surface area contributed by atoms with Crippen LogP contribution in [0.2, 0.25) is 0 Å². The van der Waals surface area contributed by atoms with Crippen LogP contribution in [0, 0.1) is 0 Å². The minimum absolute atomic E-state index is 0.314. The standard InChI is InChI=1S/C23H39NO3/c1-4-7-8-9-10-11-12-13-18-27-19-17-20-15-14-16-21(23(25)26)22(20)24(5-2)6-3/h14-16H,4-13,17-19H2,1-3H3,(H,25,26). The van der Waals surface area contributed by atoms with Gasteiger partial charge < -0.3 is 19.5 Å². The molecule has 0 radical (unpaired) electrons. The molecule has 1 aromatic carbocycles. The molecule has 0 atom stereocenters. The highest BCUT2D eigenvalue weighted by atomic mass is 16.5. The lowest BCUT2D eigenvalue weighted by Gasteiger charge is -2.22. The Morgan fingerprint density at radius 3 is 2.15 bits per heavy atom. The maximum absolute atomic E-state index is 11.5. The number of quaternary nitrogens is 1. The maximum atomic E-state index is 11.5. The van der Waals surface area contributed by atoms with Crippen molar-refractivity contribution in [1.29, 1.82) is 0 Å². The summed E-state index contributed by atoms with van der Waals surface area (Å²) in [4.78, 5) is 12.7. The third-order valence-corrected chi connectivity index (χ3v) is 5.24. The first-order valence-corrected chi connectivity index (χ1v) is 10.9. The number of hydrogen-bond donors (Lipinski definition) is 1. The van der Waals surface area contributed by atoms with Gasteiger partial charge in [-0.25, -0.2) is 0 Å². The number of carboxylic acid groups (broad SMARTS) is 1. The molecule has 0 saturated carbocycles. The molecule has 0 bridgehead atoms. The lowest BCUT2D eigenvalue weighted by molar-refractivity contribution is -0.828. The molecule has 0 spiro atoms. The maximum Gasteiger partial charge on any atom is 0.143 e. The van der Waals surface area contributed by atoms with Gasteiger partial charge in [0, 0.05) is 18.6 Å². The molecule has 154 valence electrons. The van der Waals surface area contributed by atoms with E-state index in [1.165, 1.54) is 49.8 Å². The molecular weight excluding hydrogens is 338 g/mol. The number of carbonyl (C=O) groups excluding carboxylic acids is 1. The van der Waals surface area contributed by atoms with Crippen LogP contribution in [0.3, 0.4) is 0 Å². The fourth-order valence-corrected chi connectivity index (χ4v) is 3.62. The topological polar surface area (TPSA) is 53.8 Å². The summed E-state index contributed by atoms with van der Waals surface area (Å²) in [5, 5.41) is 11.5. The summed E-state index contributed by atoms with van der Waals surface area (Å²) in [5.41, 5.74) is 2.25. The van der Waals surface area contributed by atoms with E-state index in [0.717, 1.165) is 43.8 Å². The van der Waals surface area contributed by atoms with E-state index < -0.39 is 5.97 Å². The van der Waals surface area contributed by atoms with Crippen molar-refractivity contribution in [2.45, 2.75) is 78.6 Å². The predicted molar refractivity (Wildman–Crippen MR) is 110 cm³/mol. The van der Waals surface area contributed by atoms with Crippen molar-refractivity contribution in [3.63, 3.8) is 0 Å². The fourth-order valence-electron chi connectivity index (χ4n) is 3.62. The first-order valence-electron chi connectivity index (χ1n) is 10.9. The van der Waals surface area contributed by atoms with Gasteiger partial charge in [-0.2, -0.15) is 0 Å². The average Bonchev–Trinajstić information content (AvgIpc) is 2.67. The lowest BCUT2D eigenvalue weighted by atomic mass is 10.0. The first kappa shape index (κ1) is 23.6. The van der Waals surface area contributed by atoms with Gasteiger partial charge in [-0.3, -0.25) is 0 Å². The molecule has 0 saturated heterocycles. The van der Waals surface area contributed by atoms with Crippen LogP contribution in [-0.2, 0) is 11.2 Å². The van der Waals surface area contributed by atoms with Gasteiger partial charge in [0.2, 0.25) is 0 Å². The monoisotopic (exact) mass is 377 g/mol. The summed E-state index contributed by atoms with van der Waals surface area (Å²) in [5.74, 6) is -1.09. The quantitative estimate of drug-likeness (QED) is 0.450. The predicted octanol–water partition coefficient (Wildman–Crippen LogP) is 3.31. The molecule has 0 aliphatic rings. The van der Waals surface area contributed by atoms with Gasteiger partial charge in [-0.1, -0.05) is 64.0 Å². The molecule has 0 aliphatic carbocycles. The van der Waals surface area contributed by atoms with Crippen LogP contribution in [0.25, 0.3) is 0 Å². The summed E-state index contributed by atoms with van der Waals surface area (Å²) in [7, 11) is 0. The molecular formula is C23H39NO3. The second kappa shape index (κ2) is 14.6. The van der Waals surface area contributed by atoms with Crippen LogP contribution in [0.5, 0.6) is 0 Å². The highest BCUT2D eigenvalue weighted by Crippen LogP contribution is 2.18. The van der Waals surface area contributed by atoms with E-state index in [4.69, 9.17) is 4.74 Å². The van der Waals surface area contributed by atoms with Gasteiger partial charge in [0.25, 0.3) is 0 Å². The number of carbonyl (C=O) groups is 1. The zero-order chi connectivity index (χ0) is 19.9. The van der Waals surface area contributed by atoms with E-state index in [0.29, 0.717) is 12.2 Å². The highest BCUT2D eigenvalue weighted by molar-refractivity contribution is 5.91. The number of nitrogens with one attached hydrogen (secondary N) is 1. The molecule has 0 aromatic heterocycles. The Morgan fingerprint density at radius 2 is 1.56 bits per heavy atom. The molecule has 4 heteroatoms. The molecule has 0 heterocycles. The zero-order valence-corrected chi connectivity index (χ0v) is 17.6. The molecule has 1 rings (SSSR count). The normalized spacial score (nSPS) is 11.3. The van der Waals surface area contributed by atoms with Crippen molar-refractivity contribution in [3.05, 3.63) is 29.3 Å². The summed E-state index contributed by atoms with van der Waals surface area (Å²) in [6.45, 7) is 9.54. The number of ether oxygens (including phenoxy) is 1. The first-order chi connectivity index (χ1) is 13.2. The third-order valence-electron chi connectivity index (χ3n) is 5.24. The van der Waals surface area contributed by atoms with Crippen molar-refractivity contribution < 1.29 is 19.5 Å². The van der Waals surface area contributed by atoms with Crippen molar-refractivity contribution in [2.75, 3.05) is 26.3 Å². The van der Waals surface area contributed by atoms with Crippen LogP contribution in [-0.4, -0.2) is 32.3 Å². The molecule has 0 aliphatic heterocycles. The second-order valence-corrected chi connectivity index (χ2v) is 7.28. The number of hydrogen-bond acceptors (Lipinski definition) is 3. The molecule has 4 nitrogen and oxygen atoms in total. The van der Waals surface area contributed by atoms with E-state index in [-0.39, 0.29) is 0 Å². The molecule has 27 heavy (non-hydrogen) atoms. The van der Waals surface area contributed by atoms with Crippen LogP contribution in [0.15, 0.2) is 18.2 Å². The number of benzene rings is 1. The third kappa shape index (κ3) is 8.89. The van der Waals surface area contributed by atoms with Crippen molar-refractivity contribution >= 4 is 11.7 Å². The Labute approximate surface area is 165 Å². The number of carboxylic acids is 1. The zero-order valence-electron chi connectivity index (χ0n) is 17.6. The molecule has 0 unspecified atom stereocenters. The van der Waals surface area contributed by atoms with Crippen molar-refractivity contribution in [3.8, 4) is 0 Å². The van der Waals surface area contributed by atoms with E-state index >= 15 is 0 Å². The Hall–Kier alpha value is -1.39. The Morgan fingerprint density at radius 1 is 0.926 bits per heavy atom. The van der Waals surface area contributed by atoms with E-state index in [1.54, 1.807) is 6.07 Å². The SMILES string of the molecule is CCCCCCCCCCOCCc1cccc(C(=O)[O-])c1[NH+](CC)CC. The minimum Gasteiger partial charge on any atom is -0.545 e. The molecule has 0 fully saturated rings. The van der Waals surface area contributed by atoms with E-state index in [2.05, 4.69) is 20.8 Å². The van der Waals surface area contributed by atoms with Crippen LogP contribution >= 0.6 is 0 Å². The smallest absolute Gasteiger partial charge is 0.143 e. The fraction of sp³-hybridized carbons (Fsp3) is 0.696. The largest absolute Gasteiger partial charge is 0.545 e. The van der Waals surface area contributed by atoms with Gasteiger partial charge in [-0.15, -0.1) is 0 Å². The summed E-state index contributed by atoms with van der Waals surface area (Å²) >= 11 is 0. The Bertz CT molecular complexity index is 526. The highest BCUT2D eigenvalue weighted by Gasteiger charge is 2.19. The number of para-hydroxylation sites is 1. The minimum atomic E-state index is -1.09. The summed E-state index contributed by atoms with van der Waals surface area (Å²) in [6.07, 6.45) is 11.1. The summed E-state index contributed by atoms with van der Waals surface area (Å²) < 4.78 is 5.81. The van der Waals surface area contributed by atoms with Crippen LogP contribution in [0.1, 0.15) is 88.1 Å². The lowest BCUT2D eigenvalue weighted by Crippen LogP contribution is -3.07. The number of unbranched alkanes of at least 4 members (excludes halogenated alkanes) is 7. The Kier molecular flexibility index (Phi) is 12.8. The van der Waals surface area contributed by atoms with Gasteiger partial charge in [-0.05, 0) is 26.3 Å². The van der Waals surface area contributed by atoms with Gasteiger partial charge >= 0.3 is 0 Å². The van der Waals surface area contributed by atoms with E-state index in [1.807, 2.05) is 12.1 Å². The van der Waals surface area contributed by atoms with E-state index in [9.17, 15) is 9.90 Å². The van der Waals surface area contributed by atoms with Crippen LogP contribution < -0.4 is 10.0 Å². The van der Waals surface area contributed by atoms with Gasteiger partial charge in [0.05, 0.1) is 31.2 Å². The van der Waals surface area contributed by atoms with Gasteiger partial charge in [0.15, 0.2) is 0 Å². The number of rotatable bonds is 16. The van der Waals surface area contributed by atoms with Crippen molar-refractivity contribution in [2.24, 2.45) is 0 Å².